The van der Waals surface area contributed by atoms with Crippen LogP contribution in [0.15, 0.2) is 42.5 Å². The number of rotatable bonds is 16. The van der Waals surface area contributed by atoms with Crippen molar-refractivity contribution in [3.05, 3.63) is 48.1 Å². The average molecular weight is 566 g/mol. The fourth-order valence-corrected chi connectivity index (χ4v) is 4.76. The van der Waals surface area contributed by atoms with Crippen molar-refractivity contribution in [2.45, 2.75) is 102 Å². The number of aliphatic hydroxyl groups is 4. The summed E-state index contributed by atoms with van der Waals surface area (Å²) >= 11 is 0. The topological polar surface area (TPSA) is 163 Å². The molecule has 0 radical (unpaired) electrons. The van der Waals surface area contributed by atoms with Crippen LogP contribution in [0.5, 0.6) is 11.5 Å². The molecule has 1 saturated carbocycles. The lowest BCUT2D eigenvalue weighted by atomic mass is 9.89. The molecule has 0 aliphatic heterocycles. The normalized spacial score (nSPS) is 23.0. The average Bonchev–Trinajstić information content (AvgIpc) is 3.20. The minimum Gasteiger partial charge on any atom is -0.497 e. The van der Waals surface area contributed by atoms with Crippen molar-refractivity contribution in [1.82, 2.24) is 0 Å². The van der Waals surface area contributed by atoms with Gasteiger partial charge in [-0.05, 0) is 56.7 Å². The van der Waals surface area contributed by atoms with Gasteiger partial charge in [0.2, 0.25) is 0 Å². The van der Waals surface area contributed by atoms with Gasteiger partial charge in [0.15, 0.2) is 0 Å². The molecule has 9 nitrogen and oxygen atoms in total. The van der Waals surface area contributed by atoms with Gasteiger partial charge in [-0.3, -0.25) is 4.79 Å². The van der Waals surface area contributed by atoms with E-state index in [0.717, 1.165) is 25.7 Å². The zero-order valence-electron chi connectivity index (χ0n) is 24.5. The van der Waals surface area contributed by atoms with Crippen molar-refractivity contribution in [2.24, 2.45) is 17.6 Å². The number of hydrogen-bond donors (Lipinski definition) is 6. The summed E-state index contributed by atoms with van der Waals surface area (Å²) in [6.45, 7) is 3.86. The maximum atomic E-state index is 10.5. The minimum atomic E-state index is -0.787. The number of nitrogens with two attached hydrogens (primary N) is 1. The maximum absolute atomic E-state index is 10.5. The number of allylic oxidation sites excluding steroid dienone is 2. The van der Waals surface area contributed by atoms with Gasteiger partial charge in [-0.25, -0.2) is 0 Å². The van der Waals surface area contributed by atoms with E-state index in [1.165, 1.54) is 0 Å². The molecule has 0 saturated heterocycles. The van der Waals surface area contributed by atoms with Crippen LogP contribution in [0, 0.1) is 11.8 Å². The molecule has 0 aromatic heterocycles. The van der Waals surface area contributed by atoms with Gasteiger partial charge >= 0.3 is 5.97 Å². The number of carbonyl (C=O) groups is 1. The second kappa shape index (κ2) is 19.6. The molecule has 0 heterocycles. The number of benzene rings is 1. The van der Waals surface area contributed by atoms with E-state index in [1.807, 2.05) is 18.2 Å². The molecule has 2 unspecified atom stereocenters. The lowest BCUT2D eigenvalue weighted by Crippen LogP contribution is -2.24. The molecule has 1 aliphatic rings. The predicted molar refractivity (Wildman–Crippen MR) is 156 cm³/mol. The standard InChI is InChI=1S/C20H34O5.C11H17NO3/c1-2-3-6-9-15(21)12-13-17-16(18(22)14-19(17)23)10-7-4-5-8-11-20(24)25;1-7(12)11(13)9-6-8(14-2)4-5-10(9)15-3/h4,7,12-13,15-19,21-23H,2-3,5-6,8-11,14H2,1H3,(H,24,25);4-7,11,13H,12H2,1-3H3/b7-4-,13-12+;/t15-,16+,17+,18-,19+;/m0./s1. The molecule has 1 aromatic rings. The predicted octanol–water partition coefficient (Wildman–Crippen LogP) is 4.13. The molecular formula is C31H51NO8. The van der Waals surface area contributed by atoms with Crippen LogP contribution in [0.2, 0.25) is 0 Å². The molecule has 2 rings (SSSR count). The molecule has 1 aromatic carbocycles. The fraction of sp³-hybridized carbons (Fsp3) is 0.645. The van der Waals surface area contributed by atoms with E-state index in [2.05, 4.69) is 6.92 Å². The number of methoxy groups -OCH3 is 2. The Kier molecular flexibility index (Phi) is 17.5. The van der Waals surface area contributed by atoms with E-state index in [4.69, 9.17) is 20.3 Å². The Morgan fingerprint density at radius 1 is 1.10 bits per heavy atom. The Morgan fingerprint density at radius 2 is 1.82 bits per heavy atom. The number of aliphatic carboxylic acids is 1. The summed E-state index contributed by atoms with van der Waals surface area (Å²) in [5.74, 6) is 0.279. The lowest BCUT2D eigenvalue weighted by Gasteiger charge is -2.19. The highest BCUT2D eigenvalue weighted by molar-refractivity contribution is 5.66. The van der Waals surface area contributed by atoms with E-state index in [1.54, 1.807) is 45.4 Å². The Balaban J connectivity index is 0.000000453. The quantitative estimate of drug-likeness (QED) is 0.128. The van der Waals surface area contributed by atoms with Crippen LogP contribution in [0.1, 0.15) is 83.3 Å². The number of carboxylic acid groups (broad SMARTS) is 1. The first kappa shape index (κ1) is 35.6. The monoisotopic (exact) mass is 565 g/mol. The van der Waals surface area contributed by atoms with Gasteiger partial charge in [-0.15, -0.1) is 0 Å². The molecule has 1 aliphatic carbocycles. The van der Waals surface area contributed by atoms with Crippen molar-refractivity contribution in [2.75, 3.05) is 14.2 Å². The van der Waals surface area contributed by atoms with E-state index < -0.39 is 30.4 Å². The molecule has 228 valence electrons. The molecular weight excluding hydrogens is 514 g/mol. The SMILES string of the molecule is CCCCC[C@H](O)/C=C/[C@@H]1[C@@H](C/C=C\CCCC(=O)O)[C@@H](O)C[C@H]1O.COc1ccc(OC)c(C(O)C(C)N)c1. The van der Waals surface area contributed by atoms with Gasteiger partial charge in [0.25, 0.3) is 0 Å². The first-order valence-corrected chi connectivity index (χ1v) is 14.3. The van der Waals surface area contributed by atoms with Gasteiger partial charge < -0.3 is 40.7 Å². The van der Waals surface area contributed by atoms with E-state index in [9.17, 15) is 25.2 Å². The summed E-state index contributed by atoms with van der Waals surface area (Å²) in [7, 11) is 3.13. The van der Waals surface area contributed by atoms with Gasteiger partial charge in [-0.2, -0.15) is 0 Å². The number of carboxylic acids is 1. The number of ether oxygens (including phenoxy) is 2. The number of hydrogen-bond acceptors (Lipinski definition) is 8. The van der Waals surface area contributed by atoms with Crippen molar-refractivity contribution < 1.29 is 39.8 Å². The van der Waals surface area contributed by atoms with Crippen LogP contribution in [0.3, 0.4) is 0 Å². The third kappa shape index (κ3) is 12.8. The molecule has 0 spiro atoms. The third-order valence-corrected chi connectivity index (χ3v) is 7.16. The first-order valence-electron chi connectivity index (χ1n) is 14.3. The lowest BCUT2D eigenvalue weighted by molar-refractivity contribution is -0.137. The second-order valence-corrected chi connectivity index (χ2v) is 10.5. The Morgan fingerprint density at radius 3 is 2.42 bits per heavy atom. The van der Waals surface area contributed by atoms with Crippen molar-refractivity contribution in [1.29, 1.82) is 0 Å². The Bertz CT molecular complexity index is 903. The maximum Gasteiger partial charge on any atom is 0.303 e. The summed E-state index contributed by atoms with van der Waals surface area (Å²) < 4.78 is 10.2. The smallest absolute Gasteiger partial charge is 0.303 e. The van der Waals surface area contributed by atoms with E-state index in [-0.39, 0.29) is 24.3 Å². The van der Waals surface area contributed by atoms with Crippen LogP contribution in [-0.2, 0) is 4.79 Å². The van der Waals surface area contributed by atoms with Crippen LogP contribution in [-0.4, -0.2) is 70.1 Å². The molecule has 7 N–H and O–H groups in total. The fourth-order valence-electron chi connectivity index (χ4n) is 4.76. The van der Waals surface area contributed by atoms with Crippen LogP contribution in [0.25, 0.3) is 0 Å². The van der Waals surface area contributed by atoms with E-state index >= 15 is 0 Å². The molecule has 1 fully saturated rings. The van der Waals surface area contributed by atoms with E-state index in [0.29, 0.717) is 42.7 Å². The molecule has 9 heteroatoms. The summed E-state index contributed by atoms with van der Waals surface area (Å²) in [5.41, 5.74) is 6.28. The number of aliphatic hydroxyl groups excluding tert-OH is 4. The highest BCUT2D eigenvalue weighted by Crippen LogP contribution is 2.36. The van der Waals surface area contributed by atoms with Crippen molar-refractivity contribution in [3.63, 3.8) is 0 Å². The Labute approximate surface area is 239 Å². The zero-order valence-corrected chi connectivity index (χ0v) is 24.5. The summed E-state index contributed by atoms with van der Waals surface area (Å²) in [6, 6.07) is 4.90. The molecule has 7 atom stereocenters. The van der Waals surface area contributed by atoms with Gasteiger partial charge in [0, 0.05) is 30.4 Å². The molecule has 0 amide bonds. The second-order valence-electron chi connectivity index (χ2n) is 10.5. The van der Waals surface area contributed by atoms with Crippen molar-refractivity contribution >= 4 is 5.97 Å². The highest BCUT2D eigenvalue weighted by atomic mass is 16.5. The molecule has 0 bridgehead atoms. The van der Waals surface area contributed by atoms with Crippen LogP contribution >= 0.6 is 0 Å². The van der Waals surface area contributed by atoms with Gasteiger partial charge in [-0.1, -0.05) is 50.5 Å². The summed E-state index contributed by atoms with van der Waals surface area (Å²) in [6.07, 6.45) is 11.5. The van der Waals surface area contributed by atoms with Gasteiger partial charge in [0.1, 0.15) is 11.5 Å². The number of unbranched alkanes of at least 4 members (excludes halogenated alkanes) is 3. The van der Waals surface area contributed by atoms with Gasteiger partial charge in [0.05, 0.1) is 38.6 Å². The van der Waals surface area contributed by atoms with Crippen LogP contribution in [0.4, 0.5) is 0 Å². The summed E-state index contributed by atoms with van der Waals surface area (Å²) in [5, 5.41) is 48.8. The van der Waals surface area contributed by atoms with Crippen LogP contribution < -0.4 is 15.2 Å². The molecule has 40 heavy (non-hydrogen) atoms. The largest absolute Gasteiger partial charge is 0.497 e. The first-order chi connectivity index (χ1) is 19.0. The summed E-state index contributed by atoms with van der Waals surface area (Å²) in [4.78, 5) is 10.5. The highest BCUT2D eigenvalue weighted by Gasteiger charge is 2.39. The Hall–Kier alpha value is -2.43. The minimum absolute atomic E-state index is 0.0650. The van der Waals surface area contributed by atoms with Crippen molar-refractivity contribution in [3.8, 4) is 11.5 Å². The third-order valence-electron chi connectivity index (χ3n) is 7.16. The zero-order chi connectivity index (χ0) is 30.1.